The van der Waals surface area contributed by atoms with Crippen LogP contribution in [0.3, 0.4) is 0 Å². The van der Waals surface area contributed by atoms with Crippen molar-refractivity contribution in [2.45, 2.75) is 37.8 Å². The number of rotatable bonds is 6. The summed E-state index contributed by atoms with van der Waals surface area (Å²) in [4.78, 5) is 11.9. The number of methoxy groups -OCH3 is 2. The van der Waals surface area contributed by atoms with Crippen LogP contribution in [0, 0.1) is 0 Å². The van der Waals surface area contributed by atoms with Crippen molar-refractivity contribution in [2.75, 3.05) is 20.8 Å². The lowest BCUT2D eigenvalue weighted by molar-refractivity contribution is 0.101. The predicted molar refractivity (Wildman–Crippen MR) is 81.5 cm³/mol. The van der Waals surface area contributed by atoms with Crippen molar-refractivity contribution in [1.82, 2.24) is 10.6 Å². The zero-order chi connectivity index (χ0) is 15.1. The van der Waals surface area contributed by atoms with E-state index >= 15 is 0 Å². The molecule has 0 radical (unpaired) electrons. The highest BCUT2D eigenvalue weighted by Crippen LogP contribution is 2.26. The molecule has 2 rings (SSSR count). The van der Waals surface area contributed by atoms with Crippen molar-refractivity contribution >= 4 is 6.03 Å². The Balaban J connectivity index is 1.88. The molecule has 0 saturated heterocycles. The molecule has 0 heterocycles. The minimum absolute atomic E-state index is 0.126. The van der Waals surface area contributed by atoms with Crippen LogP contribution in [0.25, 0.3) is 0 Å². The molecule has 2 amide bonds. The molecule has 5 nitrogen and oxygen atoms in total. The Kier molecular flexibility index (Phi) is 5.87. The first-order chi connectivity index (χ1) is 10.2. The standard InChI is InChI=1S/C16H24N2O3/c1-20-14-10-6-5-9-13(14)15(21-2)11-17-16(19)18-12-7-3-4-8-12/h5-6,9-10,12,15H,3-4,7-8,11H2,1-2H3,(H2,17,18,19)/t15-/m0/s1. The molecular formula is C16H24N2O3. The average molecular weight is 292 g/mol. The van der Waals surface area contributed by atoms with Crippen molar-refractivity contribution in [2.24, 2.45) is 0 Å². The lowest BCUT2D eigenvalue weighted by atomic mass is 10.1. The van der Waals surface area contributed by atoms with Gasteiger partial charge in [-0.05, 0) is 18.9 Å². The van der Waals surface area contributed by atoms with Crippen LogP contribution in [0.1, 0.15) is 37.4 Å². The number of carbonyl (C=O) groups excluding carboxylic acids is 1. The van der Waals surface area contributed by atoms with Gasteiger partial charge < -0.3 is 20.1 Å². The molecule has 0 bridgehead atoms. The highest BCUT2D eigenvalue weighted by Gasteiger charge is 2.19. The van der Waals surface area contributed by atoms with Crippen LogP contribution in [-0.4, -0.2) is 32.8 Å². The molecule has 0 spiro atoms. The first kappa shape index (κ1) is 15.6. The minimum Gasteiger partial charge on any atom is -0.496 e. The summed E-state index contributed by atoms with van der Waals surface area (Å²) < 4.78 is 10.8. The van der Waals surface area contributed by atoms with E-state index in [4.69, 9.17) is 9.47 Å². The lowest BCUT2D eigenvalue weighted by Crippen LogP contribution is -2.42. The smallest absolute Gasteiger partial charge is 0.315 e. The minimum atomic E-state index is -0.226. The van der Waals surface area contributed by atoms with E-state index < -0.39 is 0 Å². The van der Waals surface area contributed by atoms with Gasteiger partial charge in [0.25, 0.3) is 0 Å². The fourth-order valence-electron chi connectivity index (χ4n) is 2.74. The van der Waals surface area contributed by atoms with Gasteiger partial charge >= 0.3 is 6.03 Å². The van der Waals surface area contributed by atoms with Gasteiger partial charge in [-0.15, -0.1) is 0 Å². The van der Waals surface area contributed by atoms with Crippen LogP contribution in [0.15, 0.2) is 24.3 Å². The van der Waals surface area contributed by atoms with Crippen LogP contribution in [-0.2, 0) is 4.74 Å². The highest BCUT2D eigenvalue weighted by atomic mass is 16.5. The van der Waals surface area contributed by atoms with Gasteiger partial charge in [-0.1, -0.05) is 31.0 Å². The maximum atomic E-state index is 11.9. The van der Waals surface area contributed by atoms with Gasteiger partial charge in [-0.25, -0.2) is 4.79 Å². The van der Waals surface area contributed by atoms with Gasteiger partial charge in [-0.3, -0.25) is 0 Å². The van der Waals surface area contributed by atoms with E-state index in [1.807, 2.05) is 24.3 Å². The number of amides is 2. The normalized spacial score (nSPS) is 16.5. The first-order valence-corrected chi connectivity index (χ1v) is 7.44. The largest absolute Gasteiger partial charge is 0.496 e. The quantitative estimate of drug-likeness (QED) is 0.847. The number of hydrogen-bond acceptors (Lipinski definition) is 3. The molecular weight excluding hydrogens is 268 g/mol. The van der Waals surface area contributed by atoms with E-state index in [0.29, 0.717) is 12.6 Å². The van der Waals surface area contributed by atoms with E-state index in [2.05, 4.69) is 10.6 Å². The Morgan fingerprint density at radius 3 is 2.67 bits per heavy atom. The molecule has 1 atom stereocenters. The Bertz CT molecular complexity index is 459. The van der Waals surface area contributed by atoms with Crippen LogP contribution in [0.5, 0.6) is 5.75 Å². The van der Waals surface area contributed by atoms with E-state index in [0.717, 1.165) is 24.2 Å². The Hall–Kier alpha value is -1.75. The molecule has 1 aromatic carbocycles. The molecule has 1 aliphatic rings. The summed E-state index contributed by atoms with van der Waals surface area (Å²) in [5.74, 6) is 0.766. The SMILES string of the molecule is COc1ccccc1[C@H](CNC(=O)NC1CCCC1)OC. The lowest BCUT2D eigenvalue weighted by Gasteiger charge is -2.20. The van der Waals surface area contributed by atoms with E-state index in [1.54, 1.807) is 14.2 Å². The summed E-state index contributed by atoms with van der Waals surface area (Å²) in [6.45, 7) is 0.412. The third-order valence-corrected chi connectivity index (χ3v) is 3.91. The molecule has 1 aliphatic carbocycles. The van der Waals surface area contributed by atoms with Gasteiger partial charge in [0.05, 0.1) is 7.11 Å². The second-order valence-electron chi connectivity index (χ2n) is 5.30. The molecule has 1 saturated carbocycles. The Labute approximate surface area is 126 Å². The second-order valence-corrected chi connectivity index (χ2v) is 5.30. The number of hydrogen-bond donors (Lipinski definition) is 2. The van der Waals surface area contributed by atoms with Crippen LogP contribution >= 0.6 is 0 Å². The van der Waals surface area contributed by atoms with E-state index in [1.165, 1.54) is 12.8 Å². The average Bonchev–Trinajstić information content (AvgIpc) is 3.01. The number of urea groups is 1. The monoisotopic (exact) mass is 292 g/mol. The van der Waals surface area contributed by atoms with Crippen molar-refractivity contribution in [1.29, 1.82) is 0 Å². The number of benzene rings is 1. The van der Waals surface area contributed by atoms with Crippen LogP contribution < -0.4 is 15.4 Å². The van der Waals surface area contributed by atoms with Gasteiger partial charge in [0.1, 0.15) is 11.9 Å². The molecule has 0 aliphatic heterocycles. The second kappa shape index (κ2) is 7.88. The zero-order valence-corrected chi connectivity index (χ0v) is 12.7. The molecule has 21 heavy (non-hydrogen) atoms. The first-order valence-electron chi connectivity index (χ1n) is 7.44. The van der Waals surface area contributed by atoms with Crippen LogP contribution in [0.4, 0.5) is 4.79 Å². The van der Waals surface area contributed by atoms with E-state index in [9.17, 15) is 4.79 Å². The van der Waals surface area contributed by atoms with E-state index in [-0.39, 0.29) is 12.1 Å². The zero-order valence-electron chi connectivity index (χ0n) is 12.7. The van der Waals surface area contributed by atoms with Crippen LogP contribution in [0.2, 0.25) is 0 Å². The number of carbonyl (C=O) groups is 1. The molecule has 1 fully saturated rings. The molecule has 1 aromatic rings. The molecule has 0 unspecified atom stereocenters. The summed E-state index contributed by atoms with van der Waals surface area (Å²) >= 11 is 0. The molecule has 5 heteroatoms. The molecule has 0 aromatic heterocycles. The third-order valence-electron chi connectivity index (χ3n) is 3.91. The Morgan fingerprint density at radius 2 is 2.00 bits per heavy atom. The summed E-state index contributed by atoms with van der Waals surface area (Å²) in [6, 6.07) is 7.87. The fraction of sp³-hybridized carbons (Fsp3) is 0.562. The number of nitrogens with one attached hydrogen (secondary N) is 2. The topological polar surface area (TPSA) is 59.6 Å². The van der Waals surface area contributed by atoms with Gasteiger partial charge in [0, 0.05) is 25.3 Å². The predicted octanol–water partition coefficient (Wildman–Crippen LogP) is 2.62. The van der Waals surface area contributed by atoms with Crippen molar-refractivity contribution in [3.05, 3.63) is 29.8 Å². The maximum absolute atomic E-state index is 11.9. The fourth-order valence-corrected chi connectivity index (χ4v) is 2.74. The van der Waals surface area contributed by atoms with Gasteiger partial charge in [-0.2, -0.15) is 0 Å². The number of ether oxygens (including phenoxy) is 2. The van der Waals surface area contributed by atoms with Gasteiger partial charge in [0.15, 0.2) is 0 Å². The molecule has 116 valence electrons. The summed E-state index contributed by atoms with van der Waals surface area (Å²) in [5.41, 5.74) is 0.934. The van der Waals surface area contributed by atoms with Crippen molar-refractivity contribution in [3.63, 3.8) is 0 Å². The maximum Gasteiger partial charge on any atom is 0.315 e. The third kappa shape index (κ3) is 4.36. The van der Waals surface area contributed by atoms with Crippen molar-refractivity contribution in [3.8, 4) is 5.75 Å². The number of para-hydroxylation sites is 1. The van der Waals surface area contributed by atoms with Gasteiger partial charge in [0.2, 0.25) is 0 Å². The van der Waals surface area contributed by atoms with Crippen molar-refractivity contribution < 1.29 is 14.3 Å². The highest BCUT2D eigenvalue weighted by molar-refractivity contribution is 5.74. The summed E-state index contributed by atoms with van der Waals surface area (Å²) in [6.07, 6.45) is 4.33. The summed E-state index contributed by atoms with van der Waals surface area (Å²) in [7, 11) is 3.26. The summed E-state index contributed by atoms with van der Waals surface area (Å²) in [5, 5.41) is 5.88. The molecule has 2 N–H and O–H groups in total. The Morgan fingerprint density at radius 1 is 1.29 bits per heavy atom.